The minimum absolute atomic E-state index is 0.560. The van der Waals surface area contributed by atoms with E-state index in [4.69, 9.17) is 0 Å². The molecule has 1 aliphatic heterocycles. The molecule has 10 heavy (non-hydrogen) atoms. The number of hydrogen-bond acceptors (Lipinski definition) is 2. The fourth-order valence-electron chi connectivity index (χ4n) is 1.13. The average molecular weight is 135 g/mol. The van der Waals surface area contributed by atoms with Crippen molar-refractivity contribution in [3.63, 3.8) is 0 Å². The lowest BCUT2D eigenvalue weighted by Crippen LogP contribution is -2.28. The zero-order valence-electron chi connectivity index (χ0n) is 5.83. The van der Waals surface area contributed by atoms with Gasteiger partial charge in [0.1, 0.15) is 5.49 Å². The Bertz CT molecular complexity index is 336. The van der Waals surface area contributed by atoms with Crippen LogP contribution in [0.4, 0.5) is 0 Å². The normalized spacial score (nSPS) is 22.7. The molecule has 0 aliphatic carbocycles. The number of H-pyrrole nitrogens is 1. The number of nitrogens with zero attached hydrogens (tertiary/aromatic N) is 2. The maximum atomic E-state index is 4.28. The highest BCUT2D eigenvalue weighted by Gasteiger charge is 2.01. The second-order valence-corrected chi connectivity index (χ2v) is 2.66. The predicted molar refractivity (Wildman–Crippen MR) is 37.9 cm³/mol. The summed E-state index contributed by atoms with van der Waals surface area (Å²) in [4.78, 5) is 4.28. The molecule has 1 N–H and O–H groups in total. The highest BCUT2D eigenvalue weighted by molar-refractivity contribution is 5.25. The van der Waals surface area contributed by atoms with E-state index in [1.807, 2.05) is 6.20 Å². The van der Waals surface area contributed by atoms with Gasteiger partial charge >= 0.3 is 0 Å². The highest BCUT2D eigenvalue weighted by Crippen LogP contribution is 1.96. The summed E-state index contributed by atoms with van der Waals surface area (Å²) < 4.78 is 0. The Morgan fingerprint density at radius 2 is 2.60 bits per heavy atom. The van der Waals surface area contributed by atoms with Crippen molar-refractivity contribution < 1.29 is 0 Å². The molecule has 1 atom stereocenters. The molecule has 0 fully saturated rings. The summed E-state index contributed by atoms with van der Waals surface area (Å²) in [6.07, 6.45) is 4.00. The van der Waals surface area contributed by atoms with Crippen LogP contribution in [0.15, 0.2) is 11.2 Å². The zero-order chi connectivity index (χ0) is 6.97. The van der Waals surface area contributed by atoms with Crippen LogP contribution in [0, 0.1) is 5.92 Å². The molecule has 52 valence electrons. The van der Waals surface area contributed by atoms with Crippen LogP contribution in [-0.2, 0) is 0 Å². The smallest absolute Gasteiger partial charge is 0.150 e. The summed E-state index contributed by atoms with van der Waals surface area (Å²) in [5, 5.41) is 7.86. The second kappa shape index (κ2) is 1.94. The van der Waals surface area contributed by atoms with E-state index >= 15 is 0 Å². The van der Waals surface area contributed by atoms with Crippen LogP contribution < -0.4 is 10.7 Å². The third-order valence-corrected chi connectivity index (χ3v) is 1.65. The van der Waals surface area contributed by atoms with Gasteiger partial charge in [-0.2, -0.15) is 5.10 Å². The first-order chi connectivity index (χ1) is 4.86. The van der Waals surface area contributed by atoms with Crippen LogP contribution in [0.1, 0.15) is 6.92 Å². The Morgan fingerprint density at radius 1 is 1.70 bits per heavy atom. The summed E-state index contributed by atoms with van der Waals surface area (Å²) in [6.45, 7) is 3.04. The first-order valence-electron chi connectivity index (χ1n) is 3.42. The molecule has 2 rings (SSSR count). The highest BCUT2D eigenvalue weighted by atomic mass is 15.1. The molecule has 0 bridgehead atoms. The van der Waals surface area contributed by atoms with Crippen molar-refractivity contribution >= 4 is 6.08 Å². The van der Waals surface area contributed by atoms with E-state index in [9.17, 15) is 0 Å². The number of hydrogen-bond donors (Lipinski definition) is 1. The van der Waals surface area contributed by atoms with E-state index in [1.54, 1.807) is 0 Å². The Morgan fingerprint density at radius 3 is 3.50 bits per heavy atom. The molecular weight excluding hydrogens is 126 g/mol. The van der Waals surface area contributed by atoms with Crippen molar-refractivity contribution in [3.8, 4) is 0 Å². The monoisotopic (exact) mass is 135 g/mol. The Kier molecular flexibility index (Phi) is 1.09. The van der Waals surface area contributed by atoms with E-state index in [1.165, 1.54) is 0 Å². The third-order valence-electron chi connectivity index (χ3n) is 1.65. The van der Waals surface area contributed by atoms with Gasteiger partial charge in [-0.3, -0.25) is 10.1 Å². The van der Waals surface area contributed by atoms with Crippen molar-refractivity contribution in [1.29, 1.82) is 0 Å². The zero-order valence-corrected chi connectivity index (χ0v) is 5.83. The van der Waals surface area contributed by atoms with Crippen LogP contribution in [-0.4, -0.2) is 16.7 Å². The molecule has 0 radical (unpaired) electrons. The average Bonchev–Trinajstić information content (AvgIpc) is 2.33. The van der Waals surface area contributed by atoms with Gasteiger partial charge in [0.05, 0.1) is 6.20 Å². The lowest BCUT2D eigenvalue weighted by atomic mass is 10.1. The van der Waals surface area contributed by atoms with E-state index in [-0.39, 0.29) is 0 Å². The third kappa shape index (κ3) is 0.744. The summed E-state index contributed by atoms with van der Waals surface area (Å²) in [7, 11) is 0. The Hall–Kier alpha value is -1.12. The van der Waals surface area contributed by atoms with Gasteiger partial charge in [-0.25, -0.2) is 0 Å². The van der Waals surface area contributed by atoms with E-state index in [2.05, 4.69) is 28.2 Å². The molecule has 3 heteroatoms. The van der Waals surface area contributed by atoms with Crippen molar-refractivity contribution in [3.05, 3.63) is 16.9 Å². The van der Waals surface area contributed by atoms with Gasteiger partial charge in [0.2, 0.25) is 0 Å². The SMILES string of the molecule is CC1C=c2cn[nH]c2=NC1. The first-order valence-corrected chi connectivity index (χ1v) is 3.42. The Labute approximate surface area is 58.5 Å². The fourth-order valence-corrected chi connectivity index (χ4v) is 1.13. The molecule has 0 spiro atoms. The van der Waals surface area contributed by atoms with Crippen molar-refractivity contribution in [2.75, 3.05) is 6.54 Å². The largest absolute Gasteiger partial charge is 0.266 e. The molecule has 1 unspecified atom stereocenters. The lowest BCUT2D eigenvalue weighted by molar-refractivity contribution is 0.737. The Balaban J connectivity index is 2.73. The molecule has 0 saturated carbocycles. The van der Waals surface area contributed by atoms with Crippen molar-refractivity contribution in [2.24, 2.45) is 10.9 Å². The number of fused-ring (bicyclic) bond motifs is 1. The lowest BCUT2D eigenvalue weighted by Gasteiger charge is -2.02. The van der Waals surface area contributed by atoms with E-state index in [0.717, 1.165) is 17.3 Å². The van der Waals surface area contributed by atoms with Crippen LogP contribution in [0.3, 0.4) is 0 Å². The quantitative estimate of drug-likeness (QED) is 0.510. The number of nitrogens with one attached hydrogen (secondary N) is 1. The predicted octanol–water partition coefficient (Wildman–Crippen LogP) is -0.541. The van der Waals surface area contributed by atoms with Crippen molar-refractivity contribution in [2.45, 2.75) is 6.92 Å². The van der Waals surface area contributed by atoms with Gasteiger partial charge in [0, 0.05) is 11.8 Å². The maximum absolute atomic E-state index is 4.28. The van der Waals surface area contributed by atoms with Gasteiger partial charge < -0.3 is 0 Å². The van der Waals surface area contributed by atoms with Gasteiger partial charge in [-0.05, 0) is 5.92 Å². The summed E-state index contributed by atoms with van der Waals surface area (Å²) >= 11 is 0. The van der Waals surface area contributed by atoms with Gasteiger partial charge in [-0.15, -0.1) is 0 Å². The van der Waals surface area contributed by atoms with Crippen LogP contribution in [0.5, 0.6) is 0 Å². The standard InChI is InChI=1S/C7H9N3/c1-5-2-6-4-9-10-7(6)8-3-5/h2,4-5H,3H2,1H3,(H,8,10). The van der Waals surface area contributed by atoms with Crippen LogP contribution in [0.2, 0.25) is 0 Å². The van der Waals surface area contributed by atoms with Crippen LogP contribution >= 0.6 is 0 Å². The number of aromatic amines is 1. The summed E-state index contributed by atoms with van der Waals surface area (Å²) in [5.41, 5.74) is 0.929. The molecule has 0 aromatic carbocycles. The summed E-state index contributed by atoms with van der Waals surface area (Å²) in [6, 6.07) is 0. The van der Waals surface area contributed by atoms with Gasteiger partial charge in [0.25, 0.3) is 0 Å². The maximum Gasteiger partial charge on any atom is 0.150 e. The van der Waals surface area contributed by atoms with E-state index in [0.29, 0.717) is 5.92 Å². The molecule has 2 heterocycles. The summed E-state index contributed by atoms with van der Waals surface area (Å²) in [5.74, 6) is 0.560. The van der Waals surface area contributed by atoms with Crippen LogP contribution in [0.25, 0.3) is 6.08 Å². The van der Waals surface area contributed by atoms with E-state index < -0.39 is 0 Å². The molecule has 0 amide bonds. The molecular formula is C7H9N3. The fraction of sp³-hybridized carbons (Fsp3) is 0.429. The topological polar surface area (TPSA) is 41.0 Å². The van der Waals surface area contributed by atoms with Gasteiger partial charge in [-0.1, -0.05) is 13.0 Å². The molecule has 3 nitrogen and oxygen atoms in total. The molecule has 1 aromatic rings. The molecule has 0 saturated heterocycles. The number of rotatable bonds is 0. The minimum atomic E-state index is 0.560. The van der Waals surface area contributed by atoms with Gasteiger partial charge in [0.15, 0.2) is 0 Å². The number of aromatic nitrogens is 2. The van der Waals surface area contributed by atoms with Crippen molar-refractivity contribution in [1.82, 2.24) is 10.2 Å². The molecule has 1 aromatic heterocycles. The molecule has 1 aliphatic rings. The minimum Gasteiger partial charge on any atom is -0.266 e. The second-order valence-electron chi connectivity index (χ2n) is 2.66. The first kappa shape index (κ1) is 5.65.